The van der Waals surface area contributed by atoms with Crippen LogP contribution in [0, 0.1) is 11.3 Å². The van der Waals surface area contributed by atoms with Gasteiger partial charge in [0.05, 0.1) is 16.8 Å². The Hall–Kier alpha value is -2.67. The Kier molecular flexibility index (Phi) is 2.84. The summed E-state index contributed by atoms with van der Waals surface area (Å²) in [6.07, 6.45) is 1.49. The predicted molar refractivity (Wildman–Crippen MR) is 61.3 cm³/mol. The Morgan fingerprint density at radius 1 is 1.18 bits per heavy atom. The smallest absolute Gasteiger partial charge is 0.335 e. The minimum atomic E-state index is -0.954. The van der Waals surface area contributed by atoms with E-state index in [0.29, 0.717) is 11.3 Å². The highest BCUT2D eigenvalue weighted by molar-refractivity contribution is 5.88. The molecule has 0 spiro atoms. The van der Waals surface area contributed by atoms with Gasteiger partial charge in [-0.2, -0.15) is 5.26 Å². The van der Waals surface area contributed by atoms with Gasteiger partial charge in [-0.1, -0.05) is 12.1 Å². The van der Waals surface area contributed by atoms with Crippen molar-refractivity contribution < 1.29 is 9.90 Å². The van der Waals surface area contributed by atoms with E-state index in [4.69, 9.17) is 10.4 Å². The number of nitrogens with zero attached hydrogens (tertiary/aromatic N) is 2. The van der Waals surface area contributed by atoms with Crippen LogP contribution in [0.1, 0.15) is 15.9 Å². The predicted octanol–water partition coefficient (Wildman–Crippen LogP) is 2.32. The number of rotatable bonds is 2. The number of carboxylic acid groups (broad SMARTS) is 1. The molecule has 0 saturated carbocycles. The van der Waals surface area contributed by atoms with Gasteiger partial charge >= 0.3 is 5.97 Å². The standard InChI is InChI=1S/C13H8N2O2/c14-7-9-1-6-12(15-8-9)10-2-4-11(5-3-10)13(16)17/h1-6,8H,(H,16,17). The number of benzene rings is 1. The van der Waals surface area contributed by atoms with Crippen molar-refractivity contribution in [3.05, 3.63) is 53.7 Å². The van der Waals surface area contributed by atoms with Crippen molar-refractivity contribution in [1.29, 1.82) is 5.26 Å². The summed E-state index contributed by atoms with van der Waals surface area (Å²) in [5, 5.41) is 17.4. The number of nitriles is 1. The average Bonchev–Trinajstić information content (AvgIpc) is 2.39. The van der Waals surface area contributed by atoms with Crippen LogP contribution in [0.5, 0.6) is 0 Å². The van der Waals surface area contributed by atoms with E-state index in [2.05, 4.69) is 4.98 Å². The number of carbonyl (C=O) groups is 1. The van der Waals surface area contributed by atoms with Crippen molar-refractivity contribution in [2.75, 3.05) is 0 Å². The lowest BCUT2D eigenvalue weighted by molar-refractivity contribution is 0.0697. The van der Waals surface area contributed by atoms with Crippen molar-refractivity contribution >= 4 is 5.97 Å². The van der Waals surface area contributed by atoms with Gasteiger partial charge in [-0.05, 0) is 24.3 Å². The fourth-order valence-corrected chi connectivity index (χ4v) is 1.41. The van der Waals surface area contributed by atoms with E-state index in [9.17, 15) is 4.79 Å². The minimum Gasteiger partial charge on any atom is -0.478 e. The Labute approximate surface area is 97.8 Å². The number of pyridine rings is 1. The fraction of sp³-hybridized carbons (Fsp3) is 0. The van der Waals surface area contributed by atoms with Crippen molar-refractivity contribution in [3.8, 4) is 17.3 Å². The third-order valence-electron chi connectivity index (χ3n) is 2.32. The van der Waals surface area contributed by atoms with E-state index in [1.165, 1.54) is 18.3 Å². The first-order chi connectivity index (χ1) is 8.20. The van der Waals surface area contributed by atoms with E-state index in [-0.39, 0.29) is 5.56 Å². The van der Waals surface area contributed by atoms with Gasteiger partial charge in [-0.3, -0.25) is 4.98 Å². The first-order valence-electron chi connectivity index (χ1n) is 4.90. The molecule has 2 rings (SSSR count). The topological polar surface area (TPSA) is 74.0 Å². The van der Waals surface area contributed by atoms with Crippen LogP contribution >= 0.6 is 0 Å². The first kappa shape index (κ1) is 10.8. The molecule has 17 heavy (non-hydrogen) atoms. The van der Waals surface area contributed by atoms with Gasteiger partial charge < -0.3 is 5.11 Å². The maximum atomic E-state index is 10.7. The fourth-order valence-electron chi connectivity index (χ4n) is 1.41. The quantitative estimate of drug-likeness (QED) is 0.849. The molecular weight excluding hydrogens is 216 g/mol. The summed E-state index contributed by atoms with van der Waals surface area (Å²) in [7, 11) is 0. The Balaban J connectivity index is 2.33. The minimum absolute atomic E-state index is 0.238. The maximum absolute atomic E-state index is 10.7. The zero-order chi connectivity index (χ0) is 12.3. The van der Waals surface area contributed by atoms with Gasteiger partial charge in [0.1, 0.15) is 6.07 Å². The van der Waals surface area contributed by atoms with Gasteiger partial charge in [0.2, 0.25) is 0 Å². The van der Waals surface area contributed by atoms with Gasteiger partial charge in [0, 0.05) is 11.8 Å². The molecule has 0 radical (unpaired) electrons. The summed E-state index contributed by atoms with van der Waals surface area (Å²) in [4.78, 5) is 14.8. The molecule has 1 aromatic carbocycles. The SMILES string of the molecule is N#Cc1ccc(-c2ccc(C(=O)O)cc2)nc1. The molecule has 0 saturated heterocycles. The summed E-state index contributed by atoms with van der Waals surface area (Å²) in [6, 6.07) is 11.8. The molecule has 0 atom stereocenters. The summed E-state index contributed by atoms with van der Waals surface area (Å²) in [5.41, 5.74) is 2.26. The van der Waals surface area contributed by atoms with Crippen LogP contribution in [0.3, 0.4) is 0 Å². The lowest BCUT2D eigenvalue weighted by Gasteiger charge is -2.01. The molecule has 1 aromatic heterocycles. The van der Waals surface area contributed by atoms with E-state index < -0.39 is 5.97 Å². The molecule has 0 bridgehead atoms. The highest BCUT2D eigenvalue weighted by Crippen LogP contribution is 2.17. The lowest BCUT2D eigenvalue weighted by Crippen LogP contribution is -1.95. The lowest BCUT2D eigenvalue weighted by atomic mass is 10.1. The summed E-state index contributed by atoms with van der Waals surface area (Å²) in [5.74, 6) is -0.954. The van der Waals surface area contributed by atoms with Crippen LogP contribution in [-0.4, -0.2) is 16.1 Å². The molecule has 4 nitrogen and oxygen atoms in total. The Morgan fingerprint density at radius 3 is 2.35 bits per heavy atom. The monoisotopic (exact) mass is 224 g/mol. The third-order valence-corrected chi connectivity index (χ3v) is 2.32. The van der Waals surface area contributed by atoms with Crippen LogP contribution in [0.4, 0.5) is 0 Å². The molecule has 0 fully saturated rings. The summed E-state index contributed by atoms with van der Waals surface area (Å²) < 4.78 is 0. The van der Waals surface area contributed by atoms with Crippen molar-refractivity contribution in [1.82, 2.24) is 4.98 Å². The van der Waals surface area contributed by atoms with Crippen LogP contribution in [0.25, 0.3) is 11.3 Å². The first-order valence-corrected chi connectivity index (χ1v) is 4.90. The van der Waals surface area contributed by atoms with Crippen molar-refractivity contribution in [2.45, 2.75) is 0 Å². The molecule has 1 N–H and O–H groups in total. The number of carboxylic acids is 1. The van der Waals surface area contributed by atoms with Gasteiger partial charge in [0.15, 0.2) is 0 Å². The van der Waals surface area contributed by atoms with Crippen LogP contribution in [-0.2, 0) is 0 Å². The molecule has 0 amide bonds. The molecule has 1 heterocycles. The normalized spacial score (nSPS) is 9.59. The zero-order valence-corrected chi connectivity index (χ0v) is 8.79. The largest absolute Gasteiger partial charge is 0.478 e. The van der Waals surface area contributed by atoms with E-state index >= 15 is 0 Å². The van der Waals surface area contributed by atoms with E-state index in [1.807, 2.05) is 6.07 Å². The number of hydrogen-bond donors (Lipinski definition) is 1. The van der Waals surface area contributed by atoms with Gasteiger partial charge in [-0.25, -0.2) is 4.79 Å². The highest BCUT2D eigenvalue weighted by Gasteiger charge is 2.03. The van der Waals surface area contributed by atoms with E-state index in [0.717, 1.165) is 5.56 Å². The molecule has 82 valence electrons. The summed E-state index contributed by atoms with van der Waals surface area (Å²) in [6.45, 7) is 0. The molecular formula is C13H8N2O2. The van der Waals surface area contributed by atoms with Gasteiger partial charge in [0.25, 0.3) is 0 Å². The molecule has 4 heteroatoms. The number of aromatic carboxylic acids is 1. The van der Waals surface area contributed by atoms with Crippen LogP contribution in [0.2, 0.25) is 0 Å². The van der Waals surface area contributed by atoms with Crippen molar-refractivity contribution in [2.24, 2.45) is 0 Å². The molecule has 0 aliphatic carbocycles. The average molecular weight is 224 g/mol. The van der Waals surface area contributed by atoms with E-state index in [1.54, 1.807) is 24.3 Å². The molecule has 0 aliphatic heterocycles. The molecule has 2 aromatic rings. The molecule has 0 aliphatic rings. The Bertz CT molecular complexity index is 580. The Morgan fingerprint density at radius 2 is 1.88 bits per heavy atom. The second-order valence-corrected chi connectivity index (χ2v) is 3.43. The molecule has 0 unspecified atom stereocenters. The number of hydrogen-bond acceptors (Lipinski definition) is 3. The van der Waals surface area contributed by atoms with Crippen LogP contribution in [0.15, 0.2) is 42.6 Å². The number of aromatic nitrogens is 1. The highest BCUT2D eigenvalue weighted by atomic mass is 16.4. The maximum Gasteiger partial charge on any atom is 0.335 e. The second kappa shape index (κ2) is 4.45. The third kappa shape index (κ3) is 2.29. The summed E-state index contributed by atoms with van der Waals surface area (Å²) >= 11 is 0. The van der Waals surface area contributed by atoms with Gasteiger partial charge in [-0.15, -0.1) is 0 Å². The zero-order valence-electron chi connectivity index (χ0n) is 8.79. The second-order valence-electron chi connectivity index (χ2n) is 3.43. The van der Waals surface area contributed by atoms with Crippen LogP contribution < -0.4 is 0 Å². The van der Waals surface area contributed by atoms with Crippen molar-refractivity contribution in [3.63, 3.8) is 0 Å².